The summed E-state index contributed by atoms with van der Waals surface area (Å²) in [6, 6.07) is 23.6. The number of carbonyl (C=O) groups excluding carboxylic acids is 1. The van der Waals surface area contributed by atoms with Gasteiger partial charge in [-0.2, -0.15) is 0 Å². The van der Waals surface area contributed by atoms with Gasteiger partial charge in [0.15, 0.2) is 5.16 Å². The van der Waals surface area contributed by atoms with Crippen molar-refractivity contribution in [2.24, 2.45) is 0 Å². The van der Waals surface area contributed by atoms with Gasteiger partial charge in [-0.3, -0.25) is 9.36 Å². The Labute approximate surface area is 247 Å². The molecular weight excluding hydrogens is 573 g/mol. The van der Waals surface area contributed by atoms with Crippen LogP contribution in [0.4, 0.5) is 5.69 Å². The van der Waals surface area contributed by atoms with Crippen LogP contribution in [0.5, 0.6) is 0 Å². The predicted octanol–water partition coefficient (Wildman–Crippen LogP) is 7.04. The minimum Gasteiger partial charge on any atom is -0.368 e. The second-order valence-corrected chi connectivity index (χ2v) is 11.6. The molecule has 0 saturated carbocycles. The van der Waals surface area contributed by atoms with Crippen LogP contribution in [0.1, 0.15) is 24.2 Å². The van der Waals surface area contributed by atoms with E-state index in [1.54, 1.807) is 17.8 Å². The molecule has 202 valence electrons. The van der Waals surface area contributed by atoms with Gasteiger partial charge in [0.25, 0.3) is 0 Å². The molecule has 1 aromatic heterocycles. The summed E-state index contributed by atoms with van der Waals surface area (Å²) in [4.78, 5) is 17.1. The number of carbonyl (C=O) groups is 1. The zero-order valence-corrected chi connectivity index (χ0v) is 24.4. The molecule has 10 heteroatoms. The molecule has 0 radical (unpaired) electrons. The number of rotatable bonds is 9. The zero-order chi connectivity index (χ0) is 27.2. The Morgan fingerprint density at radius 2 is 1.62 bits per heavy atom. The van der Waals surface area contributed by atoms with Crippen LogP contribution in [-0.4, -0.2) is 57.5 Å². The SMILES string of the molecule is O=C(CCCSc1nnc(Cc2ccccc2)n1-c1ccc(Cl)c(Cl)c1)N1CCN(c2cccc(Cl)c2)CC1. The van der Waals surface area contributed by atoms with Crippen molar-refractivity contribution in [3.8, 4) is 5.69 Å². The van der Waals surface area contributed by atoms with Gasteiger partial charge in [-0.15, -0.1) is 10.2 Å². The molecule has 6 nitrogen and oxygen atoms in total. The van der Waals surface area contributed by atoms with Gasteiger partial charge in [0, 0.05) is 55.5 Å². The van der Waals surface area contributed by atoms with E-state index in [9.17, 15) is 4.79 Å². The summed E-state index contributed by atoms with van der Waals surface area (Å²) in [7, 11) is 0. The molecule has 0 bridgehead atoms. The summed E-state index contributed by atoms with van der Waals surface area (Å²) in [6.45, 7) is 3.04. The summed E-state index contributed by atoms with van der Waals surface area (Å²) in [5, 5.41) is 11.4. The number of amides is 1. The Kier molecular flexibility index (Phi) is 9.35. The lowest BCUT2D eigenvalue weighted by Crippen LogP contribution is -2.48. The number of hydrogen-bond donors (Lipinski definition) is 0. The van der Waals surface area contributed by atoms with E-state index < -0.39 is 0 Å². The molecular formula is C29H28Cl3N5OS. The van der Waals surface area contributed by atoms with E-state index >= 15 is 0 Å². The highest BCUT2D eigenvalue weighted by molar-refractivity contribution is 7.99. The van der Waals surface area contributed by atoms with Crippen molar-refractivity contribution in [2.75, 3.05) is 36.8 Å². The molecule has 39 heavy (non-hydrogen) atoms. The van der Waals surface area contributed by atoms with Crippen LogP contribution < -0.4 is 4.90 Å². The molecule has 3 aromatic carbocycles. The zero-order valence-electron chi connectivity index (χ0n) is 21.3. The van der Waals surface area contributed by atoms with E-state index in [2.05, 4.69) is 33.3 Å². The van der Waals surface area contributed by atoms with E-state index in [4.69, 9.17) is 34.8 Å². The first-order chi connectivity index (χ1) is 19.0. The lowest BCUT2D eigenvalue weighted by Gasteiger charge is -2.36. The van der Waals surface area contributed by atoms with Crippen molar-refractivity contribution in [1.29, 1.82) is 0 Å². The average Bonchev–Trinajstić information content (AvgIpc) is 3.35. The van der Waals surface area contributed by atoms with Gasteiger partial charge in [-0.05, 0) is 48.4 Å². The molecule has 0 spiro atoms. The van der Waals surface area contributed by atoms with Gasteiger partial charge in [-0.25, -0.2) is 0 Å². The summed E-state index contributed by atoms with van der Waals surface area (Å²) < 4.78 is 2.02. The van der Waals surface area contributed by atoms with Gasteiger partial charge in [0.1, 0.15) is 5.82 Å². The molecule has 1 aliphatic rings. The topological polar surface area (TPSA) is 54.3 Å². The number of piperazine rings is 1. The fraction of sp³-hybridized carbons (Fsp3) is 0.276. The van der Waals surface area contributed by atoms with Crippen LogP contribution in [-0.2, 0) is 11.2 Å². The van der Waals surface area contributed by atoms with Crippen molar-refractivity contribution in [3.63, 3.8) is 0 Å². The summed E-state index contributed by atoms with van der Waals surface area (Å²) in [6.07, 6.45) is 1.89. The van der Waals surface area contributed by atoms with Crippen molar-refractivity contribution in [1.82, 2.24) is 19.7 Å². The quantitative estimate of drug-likeness (QED) is 0.152. The normalized spacial score (nSPS) is 13.6. The van der Waals surface area contributed by atoms with Crippen LogP contribution >= 0.6 is 46.6 Å². The number of benzene rings is 3. The Balaban J connectivity index is 1.18. The van der Waals surface area contributed by atoms with E-state index in [-0.39, 0.29) is 5.91 Å². The minimum atomic E-state index is 0.192. The van der Waals surface area contributed by atoms with E-state index in [0.717, 1.165) is 58.2 Å². The highest BCUT2D eigenvalue weighted by atomic mass is 35.5. The summed E-state index contributed by atoms with van der Waals surface area (Å²) >= 11 is 20.2. The lowest BCUT2D eigenvalue weighted by molar-refractivity contribution is -0.131. The Hall–Kier alpha value is -2.71. The monoisotopic (exact) mass is 599 g/mol. The van der Waals surface area contributed by atoms with Crippen molar-refractivity contribution >= 4 is 58.2 Å². The first-order valence-electron chi connectivity index (χ1n) is 12.8. The average molecular weight is 601 g/mol. The summed E-state index contributed by atoms with van der Waals surface area (Å²) in [5.74, 6) is 1.76. The van der Waals surface area contributed by atoms with Crippen molar-refractivity contribution in [3.05, 3.63) is 99.3 Å². The smallest absolute Gasteiger partial charge is 0.222 e. The van der Waals surface area contributed by atoms with Crippen LogP contribution in [0.2, 0.25) is 15.1 Å². The molecule has 0 aliphatic carbocycles. The van der Waals surface area contributed by atoms with E-state index in [1.165, 1.54) is 0 Å². The maximum atomic E-state index is 12.9. The van der Waals surface area contributed by atoms with Gasteiger partial charge in [-0.1, -0.05) is 83.0 Å². The van der Waals surface area contributed by atoms with Crippen LogP contribution in [0, 0.1) is 0 Å². The molecule has 0 unspecified atom stereocenters. The van der Waals surface area contributed by atoms with E-state index in [1.807, 2.05) is 58.0 Å². The maximum Gasteiger partial charge on any atom is 0.222 e. The number of hydrogen-bond acceptors (Lipinski definition) is 5. The Morgan fingerprint density at radius 3 is 2.36 bits per heavy atom. The highest BCUT2D eigenvalue weighted by Crippen LogP contribution is 2.29. The second-order valence-electron chi connectivity index (χ2n) is 9.29. The first-order valence-corrected chi connectivity index (χ1v) is 14.9. The molecule has 1 aliphatic heterocycles. The molecule has 4 aromatic rings. The predicted molar refractivity (Wildman–Crippen MR) is 161 cm³/mol. The molecule has 0 N–H and O–H groups in total. The van der Waals surface area contributed by atoms with Crippen molar-refractivity contribution < 1.29 is 4.79 Å². The molecule has 1 fully saturated rings. The highest BCUT2D eigenvalue weighted by Gasteiger charge is 2.21. The Bertz CT molecular complexity index is 1420. The molecule has 1 amide bonds. The van der Waals surface area contributed by atoms with Gasteiger partial charge in [0.05, 0.1) is 15.7 Å². The third-order valence-electron chi connectivity index (χ3n) is 6.64. The number of anilines is 1. The number of aromatic nitrogens is 3. The largest absolute Gasteiger partial charge is 0.368 e. The Morgan fingerprint density at radius 1 is 0.821 bits per heavy atom. The van der Waals surface area contributed by atoms with Gasteiger partial charge >= 0.3 is 0 Å². The fourth-order valence-corrected chi connectivity index (χ4v) is 5.99. The van der Waals surface area contributed by atoms with E-state index in [0.29, 0.717) is 36.0 Å². The van der Waals surface area contributed by atoms with Gasteiger partial charge < -0.3 is 9.80 Å². The fourth-order valence-electron chi connectivity index (χ4n) is 4.60. The molecule has 5 rings (SSSR count). The van der Waals surface area contributed by atoms with Crippen LogP contribution in [0.25, 0.3) is 5.69 Å². The third-order valence-corrected chi connectivity index (χ3v) is 8.63. The standard InChI is InChI=1S/C29H28Cl3N5OS/c30-22-8-4-9-23(19-22)35-13-15-36(16-14-35)28(38)10-5-17-39-29-34-33-27(18-21-6-2-1-3-7-21)37(29)24-11-12-25(31)26(32)20-24/h1-4,6-9,11-12,19-20H,5,10,13-18H2. The maximum absolute atomic E-state index is 12.9. The van der Waals surface area contributed by atoms with Crippen LogP contribution in [0.3, 0.4) is 0 Å². The third kappa shape index (κ3) is 7.09. The number of nitrogens with zero attached hydrogens (tertiary/aromatic N) is 5. The summed E-state index contributed by atoms with van der Waals surface area (Å²) in [5.41, 5.74) is 3.10. The van der Waals surface area contributed by atoms with Crippen LogP contribution in [0.15, 0.2) is 78.0 Å². The first kappa shape index (κ1) is 27.8. The van der Waals surface area contributed by atoms with Gasteiger partial charge in [0.2, 0.25) is 5.91 Å². The molecule has 1 saturated heterocycles. The molecule has 0 atom stereocenters. The molecule has 2 heterocycles. The van der Waals surface area contributed by atoms with Crippen molar-refractivity contribution in [2.45, 2.75) is 24.4 Å². The number of halogens is 3. The second kappa shape index (κ2) is 13.1. The number of thioether (sulfide) groups is 1. The minimum absolute atomic E-state index is 0.192. The lowest BCUT2D eigenvalue weighted by atomic mass is 10.1.